The second kappa shape index (κ2) is 8.47. The van der Waals surface area contributed by atoms with Crippen LogP contribution < -0.4 is 5.32 Å². The van der Waals surface area contributed by atoms with E-state index >= 15 is 0 Å². The first-order valence-corrected chi connectivity index (χ1v) is 8.58. The molecule has 0 atom stereocenters. The van der Waals surface area contributed by atoms with Crippen LogP contribution in [0, 0.1) is 20.8 Å². The van der Waals surface area contributed by atoms with Gasteiger partial charge in [-0.1, -0.05) is 19.4 Å². The summed E-state index contributed by atoms with van der Waals surface area (Å²) >= 11 is 0. The van der Waals surface area contributed by atoms with Crippen LogP contribution in [0.25, 0.3) is 0 Å². The van der Waals surface area contributed by atoms with Crippen molar-refractivity contribution in [3.05, 3.63) is 64.2 Å². The monoisotopic (exact) mass is 339 g/mol. The van der Waals surface area contributed by atoms with Crippen molar-refractivity contribution in [2.75, 3.05) is 11.9 Å². The summed E-state index contributed by atoms with van der Waals surface area (Å²) in [6.45, 7) is 8.42. The lowest BCUT2D eigenvalue weighted by atomic mass is 10.0. The van der Waals surface area contributed by atoms with E-state index in [1.165, 1.54) is 5.56 Å². The van der Waals surface area contributed by atoms with Crippen LogP contribution in [-0.2, 0) is 4.74 Å². The minimum Gasteiger partial charge on any atom is -0.462 e. The number of anilines is 1. The molecule has 0 saturated heterocycles. The van der Waals surface area contributed by atoms with Crippen molar-refractivity contribution < 1.29 is 14.3 Å². The lowest BCUT2D eigenvalue weighted by molar-refractivity contribution is 0.0499. The molecule has 0 unspecified atom stereocenters. The predicted octanol–water partition coefficient (Wildman–Crippen LogP) is 4.82. The molecule has 0 bridgehead atoms. The second-order valence-corrected chi connectivity index (χ2v) is 6.27. The average molecular weight is 339 g/mol. The third kappa shape index (κ3) is 4.92. The molecule has 4 nitrogen and oxygen atoms in total. The van der Waals surface area contributed by atoms with Crippen molar-refractivity contribution in [3.8, 4) is 0 Å². The van der Waals surface area contributed by atoms with E-state index in [0.29, 0.717) is 23.4 Å². The van der Waals surface area contributed by atoms with Gasteiger partial charge in [-0.2, -0.15) is 0 Å². The third-order valence-corrected chi connectivity index (χ3v) is 4.19. The van der Waals surface area contributed by atoms with E-state index in [0.717, 1.165) is 24.0 Å². The van der Waals surface area contributed by atoms with E-state index in [1.807, 2.05) is 39.8 Å². The first-order valence-electron chi connectivity index (χ1n) is 8.58. The number of carbonyl (C=O) groups excluding carboxylic acids is 2. The van der Waals surface area contributed by atoms with Crippen molar-refractivity contribution in [2.45, 2.75) is 40.5 Å². The van der Waals surface area contributed by atoms with Crippen LogP contribution in [0.4, 0.5) is 5.69 Å². The number of ether oxygens (including phenoxy) is 1. The third-order valence-electron chi connectivity index (χ3n) is 4.19. The standard InChI is InChI=1S/C21H25NO3/c1-5-6-11-25-21(24)17-7-9-18(10-8-17)22-20(23)19-13-15(3)14(2)12-16(19)4/h7-10,12-13H,5-6,11H2,1-4H3,(H,22,23). The smallest absolute Gasteiger partial charge is 0.338 e. The Balaban J connectivity index is 2.05. The van der Waals surface area contributed by atoms with Gasteiger partial charge in [-0.05, 0) is 74.2 Å². The van der Waals surface area contributed by atoms with Gasteiger partial charge in [0, 0.05) is 11.3 Å². The molecule has 0 fully saturated rings. The topological polar surface area (TPSA) is 55.4 Å². The highest BCUT2D eigenvalue weighted by atomic mass is 16.5. The van der Waals surface area contributed by atoms with Crippen LogP contribution in [0.5, 0.6) is 0 Å². The molecule has 0 aliphatic heterocycles. The van der Waals surface area contributed by atoms with Crippen LogP contribution >= 0.6 is 0 Å². The highest BCUT2D eigenvalue weighted by Gasteiger charge is 2.12. The molecule has 0 spiro atoms. The Labute approximate surface area is 149 Å². The zero-order chi connectivity index (χ0) is 18.4. The molecular weight excluding hydrogens is 314 g/mol. The molecule has 2 rings (SSSR count). The molecule has 1 amide bonds. The summed E-state index contributed by atoms with van der Waals surface area (Å²) in [4.78, 5) is 24.4. The van der Waals surface area contributed by atoms with Gasteiger partial charge in [-0.25, -0.2) is 4.79 Å². The number of aryl methyl sites for hydroxylation is 3. The fourth-order valence-electron chi connectivity index (χ4n) is 2.49. The largest absolute Gasteiger partial charge is 0.462 e. The summed E-state index contributed by atoms with van der Waals surface area (Å²) in [6, 6.07) is 10.7. The molecule has 0 radical (unpaired) electrons. The van der Waals surface area contributed by atoms with Gasteiger partial charge in [0.15, 0.2) is 0 Å². The van der Waals surface area contributed by atoms with Gasteiger partial charge >= 0.3 is 5.97 Å². The van der Waals surface area contributed by atoms with Crippen molar-refractivity contribution >= 4 is 17.6 Å². The Bertz CT molecular complexity index is 763. The zero-order valence-electron chi connectivity index (χ0n) is 15.3. The highest BCUT2D eigenvalue weighted by molar-refractivity contribution is 6.05. The molecule has 4 heteroatoms. The molecule has 0 heterocycles. The number of hydrogen-bond donors (Lipinski definition) is 1. The summed E-state index contributed by atoms with van der Waals surface area (Å²) in [5.74, 6) is -0.491. The molecule has 0 aliphatic rings. The number of carbonyl (C=O) groups is 2. The van der Waals surface area contributed by atoms with Crippen molar-refractivity contribution in [1.29, 1.82) is 0 Å². The van der Waals surface area contributed by atoms with E-state index in [1.54, 1.807) is 24.3 Å². The summed E-state index contributed by atoms with van der Waals surface area (Å²) in [5, 5.41) is 2.87. The second-order valence-electron chi connectivity index (χ2n) is 6.27. The summed E-state index contributed by atoms with van der Waals surface area (Å²) in [6.07, 6.45) is 1.84. The van der Waals surface area contributed by atoms with Crippen molar-refractivity contribution in [2.24, 2.45) is 0 Å². The molecule has 0 aromatic heterocycles. The van der Waals surface area contributed by atoms with Gasteiger partial charge < -0.3 is 10.1 Å². The maximum absolute atomic E-state index is 12.5. The van der Waals surface area contributed by atoms with Crippen LogP contribution in [0.15, 0.2) is 36.4 Å². The van der Waals surface area contributed by atoms with Crippen LogP contribution in [0.3, 0.4) is 0 Å². The maximum atomic E-state index is 12.5. The van der Waals surface area contributed by atoms with Gasteiger partial charge in [0.2, 0.25) is 0 Å². The Morgan fingerprint density at radius 1 is 0.960 bits per heavy atom. The molecule has 0 saturated carbocycles. The molecule has 1 N–H and O–H groups in total. The van der Waals surface area contributed by atoms with Crippen LogP contribution in [0.1, 0.15) is 57.2 Å². The Morgan fingerprint density at radius 3 is 2.24 bits per heavy atom. The summed E-state index contributed by atoms with van der Waals surface area (Å²) < 4.78 is 5.17. The summed E-state index contributed by atoms with van der Waals surface area (Å²) in [5.41, 5.74) is 4.98. The minimum absolute atomic E-state index is 0.154. The lowest BCUT2D eigenvalue weighted by Crippen LogP contribution is -2.14. The number of nitrogens with one attached hydrogen (secondary N) is 1. The highest BCUT2D eigenvalue weighted by Crippen LogP contribution is 2.18. The van der Waals surface area contributed by atoms with E-state index in [4.69, 9.17) is 4.74 Å². The number of esters is 1. The Kier molecular flexibility index (Phi) is 6.34. The zero-order valence-corrected chi connectivity index (χ0v) is 15.3. The molecule has 0 aliphatic carbocycles. The van der Waals surface area contributed by atoms with Gasteiger partial charge in [0.1, 0.15) is 0 Å². The Morgan fingerprint density at radius 2 is 1.60 bits per heavy atom. The van der Waals surface area contributed by atoms with Gasteiger partial charge in [0.25, 0.3) is 5.91 Å². The summed E-state index contributed by atoms with van der Waals surface area (Å²) in [7, 11) is 0. The van der Waals surface area contributed by atoms with E-state index < -0.39 is 0 Å². The number of benzene rings is 2. The molecule has 25 heavy (non-hydrogen) atoms. The quantitative estimate of drug-likeness (QED) is 0.606. The predicted molar refractivity (Wildman–Crippen MR) is 100 cm³/mol. The van der Waals surface area contributed by atoms with Crippen LogP contribution in [-0.4, -0.2) is 18.5 Å². The maximum Gasteiger partial charge on any atom is 0.338 e. The van der Waals surface area contributed by atoms with Crippen LogP contribution in [0.2, 0.25) is 0 Å². The minimum atomic E-state index is -0.337. The number of unbranched alkanes of at least 4 members (excludes halogenated alkanes) is 1. The fourth-order valence-corrected chi connectivity index (χ4v) is 2.49. The first kappa shape index (κ1) is 18.7. The lowest BCUT2D eigenvalue weighted by Gasteiger charge is -2.11. The fraction of sp³-hybridized carbons (Fsp3) is 0.333. The Hall–Kier alpha value is -2.62. The number of amides is 1. The molecule has 132 valence electrons. The van der Waals surface area contributed by atoms with Crippen molar-refractivity contribution in [3.63, 3.8) is 0 Å². The average Bonchev–Trinajstić information content (AvgIpc) is 2.58. The van der Waals surface area contributed by atoms with E-state index in [2.05, 4.69) is 5.32 Å². The molecular formula is C21H25NO3. The van der Waals surface area contributed by atoms with Gasteiger partial charge in [-0.3, -0.25) is 4.79 Å². The first-order chi connectivity index (χ1) is 11.9. The van der Waals surface area contributed by atoms with Gasteiger partial charge in [-0.15, -0.1) is 0 Å². The van der Waals surface area contributed by atoms with E-state index in [-0.39, 0.29) is 11.9 Å². The number of rotatable bonds is 6. The van der Waals surface area contributed by atoms with Gasteiger partial charge in [0.05, 0.1) is 12.2 Å². The normalized spacial score (nSPS) is 10.4. The van der Waals surface area contributed by atoms with E-state index in [9.17, 15) is 9.59 Å². The SMILES string of the molecule is CCCCOC(=O)c1ccc(NC(=O)c2cc(C)c(C)cc2C)cc1. The number of hydrogen-bond acceptors (Lipinski definition) is 3. The molecule has 2 aromatic rings. The molecule has 2 aromatic carbocycles. The van der Waals surface area contributed by atoms with Crippen molar-refractivity contribution in [1.82, 2.24) is 0 Å².